The van der Waals surface area contributed by atoms with E-state index in [1.165, 1.54) is 5.69 Å². The largest absolute Gasteiger partial charge is 0.371 e. The van der Waals surface area contributed by atoms with Crippen LogP contribution in [0.2, 0.25) is 0 Å². The number of rotatable bonds is 3. The second kappa shape index (κ2) is 5.79. The maximum Gasteiger partial charge on any atom is 0.0669 e. The number of nitrogens with zero attached hydrogens (tertiary/aromatic N) is 4. The van der Waals surface area contributed by atoms with E-state index in [2.05, 4.69) is 51.2 Å². The minimum Gasteiger partial charge on any atom is -0.371 e. The molecule has 0 unspecified atom stereocenters. The molecule has 1 aliphatic rings. The Morgan fingerprint density at radius 2 is 1.95 bits per heavy atom. The summed E-state index contributed by atoms with van der Waals surface area (Å²) in [6.07, 6.45) is 6.64. The molecule has 102 valence electrons. The highest BCUT2D eigenvalue weighted by Gasteiger charge is 2.20. The van der Waals surface area contributed by atoms with Crippen LogP contribution in [0.15, 0.2) is 42.7 Å². The molecule has 0 atom stereocenters. The molecule has 4 nitrogen and oxygen atoms in total. The van der Waals surface area contributed by atoms with Gasteiger partial charge in [-0.3, -0.25) is 4.68 Å². The maximum absolute atomic E-state index is 8.69. The molecule has 0 saturated carbocycles. The van der Waals surface area contributed by atoms with E-state index in [0.29, 0.717) is 12.5 Å². The number of aromatic nitrogens is 2. The number of nitriles is 1. The minimum absolute atomic E-state index is 0.488. The van der Waals surface area contributed by atoms with Gasteiger partial charge in [-0.25, -0.2) is 0 Å². The van der Waals surface area contributed by atoms with E-state index in [1.807, 2.05) is 12.3 Å². The normalized spacial score (nSPS) is 16.1. The van der Waals surface area contributed by atoms with Crippen molar-refractivity contribution in [3.63, 3.8) is 0 Å². The number of piperidine rings is 1. The molecule has 0 radical (unpaired) electrons. The summed E-state index contributed by atoms with van der Waals surface area (Å²) in [7, 11) is 0. The van der Waals surface area contributed by atoms with Crippen molar-refractivity contribution < 1.29 is 0 Å². The lowest BCUT2D eigenvalue weighted by Gasteiger charge is -2.33. The summed E-state index contributed by atoms with van der Waals surface area (Å²) < 4.78 is 2.08. The zero-order valence-electron chi connectivity index (χ0n) is 11.4. The van der Waals surface area contributed by atoms with E-state index in [-0.39, 0.29) is 0 Å². The van der Waals surface area contributed by atoms with Crippen LogP contribution < -0.4 is 4.90 Å². The Balaban J connectivity index is 1.62. The second-order valence-electron chi connectivity index (χ2n) is 5.21. The van der Waals surface area contributed by atoms with Crippen LogP contribution in [0.4, 0.5) is 5.69 Å². The summed E-state index contributed by atoms with van der Waals surface area (Å²) in [5.41, 5.74) is 2.34. The summed E-state index contributed by atoms with van der Waals surface area (Å²) in [5.74, 6) is 0. The number of hydrogen-bond acceptors (Lipinski definition) is 3. The highest BCUT2D eigenvalue weighted by atomic mass is 15.3. The van der Waals surface area contributed by atoms with Gasteiger partial charge in [-0.1, -0.05) is 12.1 Å². The lowest BCUT2D eigenvalue weighted by Crippen LogP contribution is -2.34. The van der Waals surface area contributed by atoms with Gasteiger partial charge in [-0.05, 0) is 36.6 Å². The molecule has 20 heavy (non-hydrogen) atoms. The van der Waals surface area contributed by atoms with Crippen molar-refractivity contribution in [3.8, 4) is 6.07 Å². The van der Waals surface area contributed by atoms with Crippen LogP contribution in [-0.4, -0.2) is 22.9 Å². The first-order valence-corrected chi connectivity index (χ1v) is 7.07. The van der Waals surface area contributed by atoms with Crippen LogP contribution >= 0.6 is 0 Å². The first-order chi connectivity index (χ1) is 9.86. The smallest absolute Gasteiger partial charge is 0.0669 e. The first kappa shape index (κ1) is 12.7. The Morgan fingerprint density at radius 3 is 2.55 bits per heavy atom. The molecular weight excluding hydrogens is 248 g/mol. The molecule has 1 saturated heterocycles. The predicted octanol–water partition coefficient (Wildman–Crippen LogP) is 2.79. The molecule has 0 aliphatic carbocycles. The Morgan fingerprint density at radius 1 is 1.20 bits per heavy atom. The predicted molar refractivity (Wildman–Crippen MR) is 78.5 cm³/mol. The highest BCUT2D eigenvalue weighted by molar-refractivity contribution is 5.48. The van der Waals surface area contributed by atoms with Crippen LogP contribution in [-0.2, 0) is 6.42 Å². The summed E-state index contributed by atoms with van der Waals surface area (Å²) in [4.78, 5) is 2.41. The van der Waals surface area contributed by atoms with Gasteiger partial charge in [-0.15, -0.1) is 0 Å². The van der Waals surface area contributed by atoms with E-state index in [4.69, 9.17) is 5.26 Å². The van der Waals surface area contributed by atoms with Crippen LogP contribution in [0.3, 0.4) is 0 Å². The van der Waals surface area contributed by atoms with Crippen molar-refractivity contribution in [2.45, 2.75) is 25.3 Å². The fourth-order valence-corrected chi connectivity index (χ4v) is 2.80. The quantitative estimate of drug-likeness (QED) is 0.858. The van der Waals surface area contributed by atoms with Crippen LogP contribution in [0, 0.1) is 11.3 Å². The molecule has 0 bridgehead atoms. The molecule has 0 amide bonds. The molecule has 1 aromatic heterocycles. The van der Waals surface area contributed by atoms with Gasteiger partial charge in [0.05, 0.1) is 18.5 Å². The van der Waals surface area contributed by atoms with Crippen LogP contribution in [0.1, 0.15) is 24.4 Å². The minimum atomic E-state index is 0.488. The molecule has 0 spiro atoms. The van der Waals surface area contributed by atoms with E-state index >= 15 is 0 Å². The Bertz CT molecular complexity index is 572. The summed E-state index contributed by atoms with van der Waals surface area (Å²) in [5, 5.41) is 13.0. The summed E-state index contributed by atoms with van der Waals surface area (Å²) >= 11 is 0. The van der Waals surface area contributed by atoms with Crippen molar-refractivity contribution in [2.24, 2.45) is 0 Å². The second-order valence-corrected chi connectivity index (χ2v) is 5.21. The summed E-state index contributed by atoms with van der Waals surface area (Å²) in [6.45, 7) is 2.12. The molecule has 4 heteroatoms. The van der Waals surface area contributed by atoms with E-state index < -0.39 is 0 Å². The third-order valence-electron chi connectivity index (χ3n) is 3.95. The van der Waals surface area contributed by atoms with Gasteiger partial charge >= 0.3 is 0 Å². The Kier molecular flexibility index (Phi) is 3.69. The van der Waals surface area contributed by atoms with Gasteiger partial charge in [0.15, 0.2) is 0 Å². The van der Waals surface area contributed by atoms with Crippen LogP contribution in [0.25, 0.3) is 0 Å². The number of benzene rings is 1. The third-order valence-corrected chi connectivity index (χ3v) is 3.95. The Hall–Kier alpha value is -2.28. The lowest BCUT2D eigenvalue weighted by atomic mass is 10.0. The fourth-order valence-electron chi connectivity index (χ4n) is 2.80. The van der Waals surface area contributed by atoms with E-state index in [1.54, 1.807) is 0 Å². The Labute approximate surface area is 119 Å². The lowest BCUT2D eigenvalue weighted by molar-refractivity contribution is 0.367. The topological polar surface area (TPSA) is 44.9 Å². The van der Waals surface area contributed by atoms with Gasteiger partial charge in [0.1, 0.15) is 0 Å². The molecular formula is C16H18N4. The van der Waals surface area contributed by atoms with Crippen molar-refractivity contribution in [3.05, 3.63) is 48.3 Å². The van der Waals surface area contributed by atoms with Crippen molar-refractivity contribution in [1.29, 1.82) is 5.26 Å². The standard InChI is InChI=1S/C16H18N4/c17-9-6-14-2-4-15(5-3-14)19-12-7-16(8-13-19)20-11-1-10-18-20/h1-5,10-11,16H,6-8,12-13H2. The average Bonchev–Trinajstić information content (AvgIpc) is 3.03. The molecule has 1 aromatic carbocycles. The average molecular weight is 266 g/mol. The zero-order chi connectivity index (χ0) is 13.8. The SMILES string of the molecule is N#CCc1ccc(N2CCC(n3cccn3)CC2)cc1. The van der Waals surface area contributed by atoms with E-state index in [9.17, 15) is 0 Å². The van der Waals surface area contributed by atoms with Crippen molar-refractivity contribution >= 4 is 5.69 Å². The maximum atomic E-state index is 8.69. The molecule has 1 fully saturated rings. The van der Waals surface area contributed by atoms with Gasteiger partial charge in [0.2, 0.25) is 0 Å². The molecule has 1 aliphatic heterocycles. The summed E-state index contributed by atoms with van der Waals surface area (Å²) in [6, 6.07) is 13.1. The fraction of sp³-hybridized carbons (Fsp3) is 0.375. The van der Waals surface area contributed by atoms with Gasteiger partial charge in [0, 0.05) is 31.2 Å². The van der Waals surface area contributed by atoms with Gasteiger partial charge in [0.25, 0.3) is 0 Å². The van der Waals surface area contributed by atoms with Crippen molar-refractivity contribution in [1.82, 2.24) is 9.78 Å². The van der Waals surface area contributed by atoms with Gasteiger partial charge < -0.3 is 4.90 Å². The molecule has 2 heterocycles. The van der Waals surface area contributed by atoms with Crippen molar-refractivity contribution in [2.75, 3.05) is 18.0 Å². The van der Waals surface area contributed by atoms with Crippen LogP contribution in [0.5, 0.6) is 0 Å². The van der Waals surface area contributed by atoms with Gasteiger partial charge in [-0.2, -0.15) is 10.4 Å². The first-order valence-electron chi connectivity index (χ1n) is 7.07. The third kappa shape index (κ3) is 2.67. The molecule has 3 rings (SSSR count). The monoisotopic (exact) mass is 266 g/mol. The number of hydrogen-bond donors (Lipinski definition) is 0. The van der Waals surface area contributed by atoms with E-state index in [0.717, 1.165) is 31.5 Å². The highest BCUT2D eigenvalue weighted by Crippen LogP contribution is 2.26. The molecule has 0 N–H and O–H groups in total. The number of anilines is 1. The zero-order valence-corrected chi connectivity index (χ0v) is 11.4. The molecule has 2 aromatic rings.